The highest BCUT2D eigenvalue weighted by atomic mass is 16.5. The van der Waals surface area contributed by atoms with Crippen molar-refractivity contribution in [1.82, 2.24) is 5.16 Å². The van der Waals surface area contributed by atoms with Crippen LogP contribution in [0.25, 0.3) is 22.5 Å². The topological polar surface area (TPSA) is 127 Å². The van der Waals surface area contributed by atoms with Gasteiger partial charge in [0.15, 0.2) is 17.3 Å². The molecule has 4 aromatic rings. The first kappa shape index (κ1) is 27.3. The van der Waals surface area contributed by atoms with E-state index in [0.717, 1.165) is 11.3 Å². The maximum absolute atomic E-state index is 13.1. The average molecular weight is 534 g/mol. The van der Waals surface area contributed by atoms with Gasteiger partial charge in [0.1, 0.15) is 5.75 Å². The van der Waals surface area contributed by atoms with E-state index < -0.39 is 6.04 Å². The van der Waals surface area contributed by atoms with E-state index in [1.54, 1.807) is 25.3 Å². The summed E-state index contributed by atoms with van der Waals surface area (Å²) in [5, 5.41) is 7.06. The molecule has 1 aromatic heterocycles. The van der Waals surface area contributed by atoms with Crippen LogP contribution >= 0.6 is 0 Å². The third kappa shape index (κ3) is 5.60. The molecule has 3 N–H and O–H groups in total. The Labute approximate surface area is 226 Å². The number of nitrogens with zero attached hydrogens (tertiary/aromatic N) is 1. The summed E-state index contributed by atoms with van der Waals surface area (Å²) in [6, 6.07) is 17.4. The van der Waals surface area contributed by atoms with Crippen molar-refractivity contribution in [2.45, 2.75) is 12.5 Å². The highest BCUT2D eigenvalue weighted by Crippen LogP contribution is 2.49. The minimum absolute atomic E-state index is 0.228. The Bertz CT molecular complexity index is 1430. The molecule has 0 saturated carbocycles. The van der Waals surface area contributed by atoms with Gasteiger partial charge in [0, 0.05) is 11.3 Å². The maximum Gasteiger partial charge on any atom is 0.262 e. The summed E-state index contributed by atoms with van der Waals surface area (Å²) < 4.78 is 33.1. The van der Waals surface area contributed by atoms with Gasteiger partial charge >= 0.3 is 0 Å². The number of anilines is 1. The van der Waals surface area contributed by atoms with E-state index in [2.05, 4.69) is 10.5 Å². The fourth-order valence-corrected chi connectivity index (χ4v) is 4.26. The van der Waals surface area contributed by atoms with E-state index >= 15 is 0 Å². The number of ether oxygens (including phenoxy) is 5. The van der Waals surface area contributed by atoms with Crippen LogP contribution in [0.5, 0.6) is 28.9 Å². The summed E-state index contributed by atoms with van der Waals surface area (Å²) in [6.07, 6.45) is 0.350. The van der Waals surface area contributed by atoms with Crippen LogP contribution in [0.15, 0.2) is 65.2 Å². The van der Waals surface area contributed by atoms with Crippen molar-refractivity contribution >= 4 is 11.6 Å². The smallest absolute Gasteiger partial charge is 0.262 e. The molecule has 1 unspecified atom stereocenters. The molecule has 1 heterocycles. The van der Waals surface area contributed by atoms with Crippen molar-refractivity contribution in [2.75, 3.05) is 40.9 Å². The lowest BCUT2D eigenvalue weighted by atomic mass is 9.98. The molecule has 4 rings (SSSR count). The van der Waals surface area contributed by atoms with Crippen molar-refractivity contribution in [3.63, 3.8) is 0 Å². The Kier molecular flexibility index (Phi) is 8.57. The van der Waals surface area contributed by atoms with Crippen molar-refractivity contribution in [1.29, 1.82) is 0 Å². The van der Waals surface area contributed by atoms with E-state index in [1.165, 1.54) is 28.4 Å². The zero-order chi connectivity index (χ0) is 27.9. The van der Waals surface area contributed by atoms with Crippen molar-refractivity contribution in [2.24, 2.45) is 5.73 Å². The fraction of sp³-hybridized carbons (Fsp3) is 0.241. The summed E-state index contributed by atoms with van der Waals surface area (Å²) in [5.74, 6) is 2.24. The van der Waals surface area contributed by atoms with Gasteiger partial charge in [-0.3, -0.25) is 4.79 Å². The molecule has 204 valence electrons. The Hall–Kier alpha value is -4.70. The number of aromatic nitrogens is 1. The van der Waals surface area contributed by atoms with Crippen molar-refractivity contribution < 1.29 is 33.0 Å². The van der Waals surface area contributed by atoms with E-state index in [4.69, 9.17) is 33.9 Å². The van der Waals surface area contributed by atoms with E-state index in [1.807, 2.05) is 42.5 Å². The zero-order valence-electron chi connectivity index (χ0n) is 22.4. The number of carbonyl (C=O) groups excluding carboxylic acids is 1. The predicted octanol–water partition coefficient (Wildman–Crippen LogP) is 4.56. The van der Waals surface area contributed by atoms with E-state index in [0.29, 0.717) is 51.8 Å². The first-order chi connectivity index (χ1) is 18.9. The number of methoxy groups -OCH3 is 5. The molecule has 1 amide bonds. The first-order valence-corrected chi connectivity index (χ1v) is 12.1. The quantitative estimate of drug-likeness (QED) is 0.285. The SMILES string of the molecule is COc1ccc(CC(N)C(=O)Nc2ccccc2-c2c(OC)noc2-c2ccc(OC)c(OC)c2OC)cc1. The number of rotatable bonds is 11. The predicted molar refractivity (Wildman–Crippen MR) is 147 cm³/mol. The fourth-order valence-electron chi connectivity index (χ4n) is 4.26. The molecule has 39 heavy (non-hydrogen) atoms. The van der Waals surface area contributed by atoms with Crippen molar-refractivity contribution in [3.8, 4) is 51.3 Å². The van der Waals surface area contributed by atoms with Crippen LogP contribution in [0, 0.1) is 0 Å². The summed E-state index contributed by atoms with van der Waals surface area (Å²) in [7, 11) is 7.67. The minimum atomic E-state index is -0.791. The van der Waals surface area contributed by atoms with Gasteiger partial charge in [-0.1, -0.05) is 30.3 Å². The summed E-state index contributed by atoms with van der Waals surface area (Å²) >= 11 is 0. The number of hydrogen-bond acceptors (Lipinski definition) is 9. The average Bonchev–Trinajstić information content (AvgIpc) is 3.40. The van der Waals surface area contributed by atoms with E-state index in [-0.39, 0.29) is 11.8 Å². The molecule has 10 heteroatoms. The first-order valence-electron chi connectivity index (χ1n) is 12.1. The second-order valence-corrected chi connectivity index (χ2v) is 8.47. The van der Waals surface area contributed by atoms with Crippen LogP contribution in [-0.4, -0.2) is 52.7 Å². The number of para-hydroxylation sites is 1. The minimum Gasteiger partial charge on any atom is -0.497 e. The summed E-state index contributed by atoms with van der Waals surface area (Å²) in [5.41, 5.74) is 9.38. The molecule has 0 spiro atoms. The molecular weight excluding hydrogens is 502 g/mol. The maximum atomic E-state index is 13.1. The van der Waals surface area contributed by atoms with Gasteiger partial charge in [-0.05, 0) is 47.5 Å². The molecule has 1 atom stereocenters. The Balaban J connectivity index is 1.71. The van der Waals surface area contributed by atoms with Crippen molar-refractivity contribution in [3.05, 3.63) is 66.2 Å². The highest BCUT2D eigenvalue weighted by molar-refractivity contribution is 6.01. The molecule has 0 fully saturated rings. The molecule has 0 saturated heterocycles. The van der Waals surface area contributed by atoms with Gasteiger partial charge in [-0.2, -0.15) is 0 Å². The van der Waals surface area contributed by atoms with E-state index in [9.17, 15) is 4.79 Å². The second-order valence-electron chi connectivity index (χ2n) is 8.47. The molecule has 0 bridgehead atoms. The molecule has 0 aliphatic carbocycles. The lowest BCUT2D eigenvalue weighted by Crippen LogP contribution is -2.37. The van der Waals surface area contributed by atoms with Gasteiger partial charge in [0.2, 0.25) is 11.7 Å². The van der Waals surface area contributed by atoms with Crippen LogP contribution in [0.1, 0.15) is 5.56 Å². The number of benzene rings is 3. The summed E-state index contributed by atoms with van der Waals surface area (Å²) in [6.45, 7) is 0. The number of nitrogens with one attached hydrogen (secondary N) is 1. The number of nitrogens with two attached hydrogens (primary N) is 1. The largest absolute Gasteiger partial charge is 0.497 e. The zero-order valence-corrected chi connectivity index (χ0v) is 22.4. The second kappa shape index (κ2) is 12.2. The molecule has 10 nitrogen and oxygen atoms in total. The number of amides is 1. The Morgan fingerprint density at radius 2 is 1.56 bits per heavy atom. The molecule has 3 aromatic carbocycles. The summed E-state index contributed by atoms with van der Waals surface area (Å²) in [4.78, 5) is 13.1. The Morgan fingerprint density at radius 1 is 0.846 bits per heavy atom. The molecule has 0 radical (unpaired) electrons. The van der Waals surface area contributed by atoms with Crippen LogP contribution in [0.3, 0.4) is 0 Å². The third-order valence-corrected chi connectivity index (χ3v) is 6.21. The van der Waals surface area contributed by atoms with Crippen LogP contribution in [-0.2, 0) is 11.2 Å². The van der Waals surface area contributed by atoms with Gasteiger partial charge in [-0.15, -0.1) is 0 Å². The molecule has 0 aliphatic heterocycles. The van der Waals surface area contributed by atoms with Gasteiger partial charge in [0.25, 0.3) is 5.88 Å². The molecular formula is C29H31N3O7. The standard InChI is InChI=1S/C29H31N3O7/c1-34-18-12-10-17(11-13-18)16-21(30)28(33)31-22-9-7-6-8-19(22)24-25(39-32-29(24)38-5)20-14-15-23(35-2)27(37-4)26(20)36-3/h6-15,21H,16,30H2,1-5H3,(H,31,33). The normalized spacial score (nSPS) is 11.4. The molecule has 0 aliphatic rings. The lowest BCUT2D eigenvalue weighted by Gasteiger charge is -2.17. The highest BCUT2D eigenvalue weighted by Gasteiger charge is 2.28. The lowest BCUT2D eigenvalue weighted by molar-refractivity contribution is -0.117. The Morgan fingerprint density at radius 3 is 2.21 bits per heavy atom. The monoisotopic (exact) mass is 533 g/mol. The van der Waals surface area contributed by atoms with Crippen LogP contribution < -0.4 is 34.7 Å². The van der Waals surface area contributed by atoms with Crippen LogP contribution in [0.4, 0.5) is 5.69 Å². The third-order valence-electron chi connectivity index (χ3n) is 6.21. The number of hydrogen-bond donors (Lipinski definition) is 2. The van der Waals surface area contributed by atoms with Crippen LogP contribution in [0.2, 0.25) is 0 Å². The van der Waals surface area contributed by atoms with Gasteiger partial charge in [-0.25, -0.2) is 0 Å². The van der Waals surface area contributed by atoms with Gasteiger partial charge in [0.05, 0.1) is 52.7 Å². The van der Waals surface area contributed by atoms with Gasteiger partial charge < -0.3 is 39.3 Å². The number of carbonyl (C=O) groups is 1.